The summed E-state index contributed by atoms with van der Waals surface area (Å²) < 4.78 is 26.9. The van der Waals surface area contributed by atoms with Crippen LogP contribution < -0.4 is 4.72 Å². The van der Waals surface area contributed by atoms with Crippen LogP contribution in [0.25, 0.3) is 0 Å². The number of aliphatic hydroxyl groups excluding tert-OH is 1. The zero-order chi connectivity index (χ0) is 15.3. The summed E-state index contributed by atoms with van der Waals surface area (Å²) in [6.45, 7) is 1.56. The maximum absolute atomic E-state index is 12.3. The van der Waals surface area contributed by atoms with Crippen LogP contribution in [0.2, 0.25) is 0 Å². The summed E-state index contributed by atoms with van der Waals surface area (Å²) >= 11 is 0. The molecule has 2 rings (SSSR count). The third-order valence-electron chi connectivity index (χ3n) is 2.61. The number of nitrogens with one attached hydrogen (secondary N) is 1. The number of hydrogen-bond acceptors (Lipinski definition) is 4. The van der Waals surface area contributed by atoms with E-state index in [0.717, 1.165) is 5.56 Å². The fourth-order valence-electron chi connectivity index (χ4n) is 1.68. The van der Waals surface area contributed by atoms with E-state index in [1.165, 1.54) is 18.3 Å². The van der Waals surface area contributed by atoms with Crippen LogP contribution in [0.5, 0.6) is 0 Å². The summed E-state index contributed by atoms with van der Waals surface area (Å²) in [5, 5.41) is 8.66. The minimum Gasteiger partial charge on any atom is -0.384 e. The van der Waals surface area contributed by atoms with Crippen LogP contribution >= 0.6 is 0 Å². The van der Waals surface area contributed by atoms with E-state index in [2.05, 4.69) is 21.5 Å². The van der Waals surface area contributed by atoms with E-state index < -0.39 is 10.0 Å². The highest BCUT2D eigenvalue weighted by Gasteiger charge is 2.14. The third-order valence-corrected chi connectivity index (χ3v) is 3.96. The first-order valence-corrected chi connectivity index (χ1v) is 7.65. The molecule has 0 saturated carbocycles. The molecule has 0 bridgehead atoms. The summed E-state index contributed by atoms with van der Waals surface area (Å²) in [5.74, 6) is 5.37. The number of nitrogens with zero attached hydrogens (tertiary/aromatic N) is 1. The number of benzene rings is 1. The maximum Gasteiger partial charge on any atom is 0.263 e. The number of pyridine rings is 1. The van der Waals surface area contributed by atoms with E-state index in [9.17, 15) is 8.42 Å². The largest absolute Gasteiger partial charge is 0.384 e. The Morgan fingerprint density at radius 3 is 2.81 bits per heavy atom. The van der Waals surface area contributed by atoms with E-state index in [1.807, 2.05) is 13.0 Å². The van der Waals surface area contributed by atoms with E-state index in [4.69, 9.17) is 5.11 Å². The van der Waals surface area contributed by atoms with Gasteiger partial charge >= 0.3 is 0 Å². The number of hydrogen-bond donors (Lipinski definition) is 2. The second-order valence-electron chi connectivity index (χ2n) is 4.31. The average Bonchev–Trinajstić information content (AvgIpc) is 2.45. The van der Waals surface area contributed by atoms with Gasteiger partial charge in [0.2, 0.25) is 0 Å². The SMILES string of the molecule is Cc1cccc(S(=O)(=O)Nc2cc(C#CCO)ccn2)c1. The smallest absolute Gasteiger partial charge is 0.263 e. The van der Waals surface area contributed by atoms with Crippen LogP contribution in [0.3, 0.4) is 0 Å². The van der Waals surface area contributed by atoms with Crippen molar-refractivity contribution in [2.75, 3.05) is 11.3 Å². The van der Waals surface area contributed by atoms with Gasteiger partial charge in [0.15, 0.2) is 0 Å². The molecule has 0 radical (unpaired) electrons. The Morgan fingerprint density at radius 2 is 2.10 bits per heavy atom. The second kappa shape index (κ2) is 6.39. The van der Waals surface area contributed by atoms with Gasteiger partial charge in [0.05, 0.1) is 4.90 Å². The minimum atomic E-state index is -3.68. The van der Waals surface area contributed by atoms with Crippen LogP contribution in [0.1, 0.15) is 11.1 Å². The topological polar surface area (TPSA) is 79.3 Å². The molecule has 0 spiro atoms. The molecule has 2 N–H and O–H groups in total. The van der Waals surface area contributed by atoms with Gasteiger partial charge in [-0.05, 0) is 36.8 Å². The Labute approximate surface area is 123 Å². The molecule has 0 amide bonds. The number of aryl methyl sites for hydroxylation is 1. The van der Waals surface area contributed by atoms with Crippen molar-refractivity contribution >= 4 is 15.8 Å². The second-order valence-corrected chi connectivity index (χ2v) is 5.99. The van der Waals surface area contributed by atoms with E-state index in [1.54, 1.807) is 18.2 Å². The van der Waals surface area contributed by atoms with Crippen LogP contribution in [-0.2, 0) is 10.0 Å². The molecule has 0 saturated heterocycles. The molecular formula is C15H14N2O3S. The van der Waals surface area contributed by atoms with Gasteiger partial charge in [0, 0.05) is 11.8 Å². The summed E-state index contributed by atoms with van der Waals surface area (Å²) in [7, 11) is -3.68. The molecule has 0 atom stereocenters. The number of anilines is 1. The number of aromatic nitrogens is 1. The molecular weight excluding hydrogens is 288 g/mol. The fraction of sp³-hybridized carbons (Fsp3) is 0.133. The van der Waals surface area contributed by atoms with Crippen LogP contribution in [0, 0.1) is 18.8 Å². The van der Waals surface area contributed by atoms with Gasteiger partial charge in [-0.25, -0.2) is 13.4 Å². The van der Waals surface area contributed by atoms with Gasteiger partial charge in [-0.2, -0.15) is 0 Å². The van der Waals surface area contributed by atoms with Crippen molar-refractivity contribution in [1.29, 1.82) is 0 Å². The molecule has 21 heavy (non-hydrogen) atoms. The van der Waals surface area contributed by atoms with E-state index in [-0.39, 0.29) is 17.3 Å². The van der Waals surface area contributed by atoms with Crippen molar-refractivity contribution in [3.05, 3.63) is 53.7 Å². The van der Waals surface area contributed by atoms with Crippen molar-refractivity contribution in [1.82, 2.24) is 4.98 Å². The highest BCUT2D eigenvalue weighted by Crippen LogP contribution is 2.16. The monoisotopic (exact) mass is 302 g/mol. The summed E-state index contributed by atoms with van der Waals surface area (Å²) in [5.41, 5.74) is 1.43. The van der Waals surface area contributed by atoms with Crippen molar-refractivity contribution in [2.45, 2.75) is 11.8 Å². The van der Waals surface area contributed by atoms with E-state index >= 15 is 0 Å². The molecule has 5 nitrogen and oxygen atoms in total. The zero-order valence-electron chi connectivity index (χ0n) is 11.4. The Morgan fingerprint density at radius 1 is 1.29 bits per heavy atom. The standard InChI is InChI=1S/C15H14N2O3S/c1-12-4-2-6-14(10-12)21(19,20)17-15-11-13(5-3-9-18)7-8-16-15/h2,4,6-8,10-11,18H,9H2,1H3,(H,16,17). The third kappa shape index (κ3) is 4.05. The molecule has 2 aromatic rings. The Kier molecular flexibility index (Phi) is 4.58. The highest BCUT2D eigenvalue weighted by molar-refractivity contribution is 7.92. The number of sulfonamides is 1. The normalized spacial score (nSPS) is 10.6. The van der Waals surface area contributed by atoms with Crippen molar-refractivity contribution in [3.63, 3.8) is 0 Å². The molecule has 6 heteroatoms. The van der Waals surface area contributed by atoms with Crippen LogP contribution in [0.4, 0.5) is 5.82 Å². The van der Waals surface area contributed by atoms with Gasteiger partial charge in [0.1, 0.15) is 12.4 Å². The highest BCUT2D eigenvalue weighted by atomic mass is 32.2. The predicted octanol–water partition coefficient (Wildman–Crippen LogP) is 1.53. The van der Waals surface area contributed by atoms with Gasteiger partial charge < -0.3 is 5.11 Å². The average molecular weight is 302 g/mol. The predicted molar refractivity (Wildman–Crippen MR) is 80.2 cm³/mol. The van der Waals surface area contributed by atoms with Crippen molar-refractivity contribution in [2.24, 2.45) is 0 Å². The Bertz CT molecular complexity index is 805. The first kappa shape index (κ1) is 15.0. The number of rotatable bonds is 3. The maximum atomic E-state index is 12.3. The number of aliphatic hydroxyl groups is 1. The first-order valence-electron chi connectivity index (χ1n) is 6.16. The Balaban J connectivity index is 2.29. The molecule has 1 heterocycles. The van der Waals surface area contributed by atoms with Gasteiger partial charge in [-0.15, -0.1) is 0 Å². The van der Waals surface area contributed by atoms with Gasteiger partial charge in [-0.3, -0.25) is 4.72 Å². The molecule has 0 aliphatic rings. The summed E-state index contributed by atoms with van der Waals surface area (Å²) in [6, 6.07) is 9.74. The molecule has 0 aliphatic heterocycles. The van der Waals surface area contributed by atoms with Gasteiger partial charge in [-0.1, -0.05) is 24.0 Å². The van der Waals surface area contributed by atoms with Crippen molar-refractivity contribution in [3.8, 4) is 11.8 Å². The lowest BCUT2D eigenvalue weighted by atomic mass is 10.2. The molecule has 1 aromatic carbocycles. The molecule has 0 unspecified atom stereocenters. The molecule has 108 valence electrons. The summed E-state index contributed by atoms with van der Waals surface area (Å²) in [4.78, 5) is 4.14. The van der Waals surface area contributed by atoms with E-state index in [0.29, 0.717) is 5.56 Å². The van der Waals surface area contributed by atoms with Crippen LogP contribution in [0.15, 0.2) is 47.5 Å². The molecule has 0 aliphatic carbocycles. The molecule has 1 aromatic heterocycles. The van der Waals surface area contributed by atoms with Crippen molar-refractivity contribution < 1.29 is 13.5 Å². The lowest BCUT2D eigenvalue weighted by Crippen LogP contribution is -2.14. The fourth-order valence-corrected chi connectivity index (χ4v) is 2.79. The quantitative estimate of drug-likeness (QED) is 0.843. The molecule has 0 fully saturated rings. The first-order chi connectivity index (χ1) is 10.0. The lowest BCUT2D eigenvalue weighted by molar-refractivity contribution is 0.350. The Hall–Kier alpha value is -2.36. The van der Waals surface area contributed by atoms with Crippen LogP contribution in [-0.4, -0.2) is 25.1 Å². The summed E-state index contributed by atoms with van der Waals surface area (Å²) in [6.07, 6.45) is 1.45. The zero-order valence-corrected chi connectivity index (χ0v) is 12.2. The lowest BCUT2D eigenvalue weighted by Gasteiger charge is -2.08. The van der Waals surface area contributed by atoms with Gasteiger partial charge in [0.25, 0.3) is 10.0 Å². The minimum absolute atomic E-state index is 0.177.